The van der Waals surface area contributed by atoms with Gasteiger partial charge in [0.2, 0.25) is 0 Å². The molecule has 1 heterocycles. The fourth-order valence-electron chi connectivity index (χ4n) is 3.71. The normalized spacial score (nSPS) is 44.8. The largest absolute Gasteiger partial charge is 0.300 e. The average molecular weight is 165 g/mol. The van der Waals surface area contributed by atoms with Crippen molar-refractivity contribution in [3.63, 3.8) is 0 Å². The minimum Gasteiger partial charge on any atom is -0.300 e. The van der Waals surface area contributed by atoms with E-state index in [1.807, 2.05) is 0 Å². The van der Waals surface area contributed by atoms with Crippen molar-refractivity contribution in [2.45, 2.75) is 45.1 Å². The molecule has 1 heteroatoms. The lowest BCUT2D eigenvalue weighted by Crippen LogP contribution is -2.30. The molecule has 2 atom stereocenters. The van der Waals surface area contributed by atoms with Gasteiger partial charge in [0.25, 0.3) is 0 Å². The number of hydrogen-bond acceptors (Lipinski definition) is 1. The summed E-state index contributed by atoms with van der Waals surface area (Å²) in [5.74, 6) is 1.03. The molecule has 2 saturated carbocycles. The quantitative estimate of drug-likeness (QED) is 0.576. The Kier molecular flexibility index (Phi) is 1.39. The molecule has 2 unspecified atom stereocenters. The highest BCUT2D eigenvalue weighted by Crippen LogP contribution is 2.67. The molecule has 3 aliphatic rings. The number of likely N-dealkylation sites (tertiary alicyclic amines) is 1. The Morgan fingerprint density at radius 3 is 2.17 bits per heavy atom. The van der Waals surface area contributed by atoms with E-state index in [-0.39, 0.29) is 0 Å². The Balaban J connectivity index is 1.71. The highest BCUT2D eigenvalue weighted by molar-refractivity contribution is 5.18. The van der Waals surface area contributed by atoms with Gasteiger partial charge < -0.3 is 0 Å². The van der Waals surface area contributed by atoms with Gasteiger partial charge in [-0.1, -0.05) is 13.3 Å². The van der Waals surface area contributed by atoms with Crippen molar-refractivity contribution < 1.29 is 0 Å². The molecule has 1 nitrogen and oxygen atoms in total. The summed E-state index contributed by atoms with van der Waals surface area (Å²) in [5.41, 5.74) is 0.838. The predicted molar refractivity (Wildman–Crippen MR) is 50.0 cm³/mol. The van der Waals surface area contributed by atoms with Crippen LogP contribution in [-0.2, 0) is 0 Å². The second-order valence-corrected chi connectivity index (χ2v) is 5.06. The van der Waals surface area contributed by atoms with Crippen LogP contribution in [0, 0.1) is 11.3 Å². The highest BCUT2D eigenvalue weighted by atomic mass is 15.2. The van der Waals surface area contributed by atoms with Crippen LogP contribution < -0.4 is 0 Å². The SMILES string of the molecule is CC1C(N2CCCC2)C12CCC2. The van der Waals surface area contributed by atoms with Gasteiger partial charge in [0.05, 0.1) is 0 Å². The van der Waals surface area contributed by atoms with E-state index in [2.05, 4.69) is 11.8 Å². The lowest BCUT2D eigenvalue weighted by atomic mass is 9.79. The molecule has 0 amide bonds. The predicted octanol–water partition coefficient (Wildman–Crippen LogP) is 2.27. The molecule has 1 aliphatic heterocycles. The molecule has 0 bridgehead atoms. The van der Waals surface area contributed by atoms with E-state index >= 15 is 0 Å². The summed E-state index contributed by atoms with van der Waals surface area (Å²) in [4.78, 5) is 2.77. The standard InChI is InChI=1S/C11H19N/c1-9-10(11(9)5-4-6-11)12-7-2-3-8-12/h9-10H,2-8H2,1H3. The molecule has 2 aliphatic carbocycles. The smallest absolute Gasteiger partial charge is 0.0186 e. The number of hydrogen-bond donors (Lipinski definition) is 0. The molecular weight excluding hydrogens is 146 g/mol. The van der Waals surface area contributed by atoms with E-state index in [1.165, 1.54) is 45.2 Å². The van der Waals surface area contributed by atoms with Crippen LogP contribution in [0.4, 0.5) is 0 Å². The summed E-state index contributed by atoms with van der Waals surface area (Å²) in [6, 6.07) is 1.01. The maximum absolute atomic E-state index is 2.77. The monoisotopic (exact) mass is 165 g/mol. The molecule has 3 rings (SSSR count). The lowest BCUT2D eigenvalue weighted by Gasteiger charge is -2.30. The Morgan fingerprint density at radius 1 is 1.08 bits per heavy atom. The highest BCUT2D eigenvalue weighted by Gasteiger charge is 2.66. The molecule has 1 saturated heterocycles. The Morgan fingerprint density at radius 2 is 1.75 bits per heavy atom. The van der Waals surface area contributed by atoms with E-state index in [4.69, 9.17) is 0 Å². The molecule has 68 valence electrons. The zero-order chi connectivity index (χ0) is 8.18. The van der Waals surface area contributed by atoms with Gasteiger partial charge in [-0.05, 0) is 50.1 Å². The van der Waals surface area contributed by atoms with Gasteiger partial charge in [-0.3, -0.25) is 4.90 Å². The fraction of sp³-hybridized carbons (Fsp3) is 1.00. The van der Waals surface area contributed by atoms with Crippen LogP contribution in [0.15, 0.2) is 0 Å². The zero-order valence-corrected chi connectivity index (χ0v) is 8.05. The second kappa shape index (κ2) is 2.25. The molecule has 1 spiro atoms. The zero-order valence-electron chi connectivity index (χ0n) is 8.05. The first-order chi connectivity index (χ1) is 5.84. The minimum absolute atomic E-state index is 0.838. The second-order valence-electron chi connectivity index (χ2n) is 5.06. The van der Waals surface area contributed by atoms with Crippen molar-refractivity contribution in [1.29, 1.82) is 0 Å². The molecule has 0 aromatic carbocycles. The van der Waals surface area contributed by atoms with Gasteiger partial charge in [0.15, 0.2) is 0 Å². The summed E-state index contributed by atoms with van der Waals surface area (Å²) in [6.45, 7) is 5.27. The first-order valence-electron chi connectivity index (χ1n) is 5.59. The molecular formula is C11H19N. The first kappa shape index (κ1) is 7.37. The van der Waals surface area contributed by atoms with Crippen LogP contribution in [0.1, 0.15) is 39.0 Å². The maximum atomic E-state index is 2.77. The van der Waals surface area contributed by atoms with Crippen LogP contribution in [0.5, 0.6) is 0 Å². The van der Waals surface area contributed by atoms with Gasteiger partial charge in [0, 0.05) is 6.04 Å². The fourth-order valence-corrected chi connectivity index (χ4v) is 3.71. The van der Waals surface area contributed by atoms with Crippen molar-refractivity contribution in [2.75, 3.05) is 13.1 Å². The summed E-state index contributed by atoms with van der Waals surface area (Å²) in [6.07, 6.45) is 7.50. The molecule has 12 heavy (non-hydrogen) atoms. The van der Waals surface area contributed by atoms with Crippen LogP contribution in [0.3, 0.4) is 0 Å². The topological polar surface area (TPSA) is 3.24 Å². The minimum atomic E-state index is 0.838. The average Bonchev–Trinajstić information content (AvgIpc) is 2.47. The van der Waals surface area contributed by atoms with E-state index in [0.717, 1.165) is 17.4 Å². The van der Waals surface area contributed by atoms with Gasteiger partial charge in [-0.25, -0.2) is 0 Å². The molecule has 0 aromatic heterocycles. The van der Waals surface area contributed by atoms with Crippen LogP contribution >= 0.6 is 0 Å². The third-order valence-electron chi connectivity index (χ3n) is 4.68. The van der Waals surface area contributed by atoms with Crippen molar-refractivity contribution in [2.24, 2.45) is 11.3 Å². The summed E-state index contributed by atoms with van der Waals surface area (Å²) in [7, 11) is 0. The van der Waals surface area contributed by atoms with Crippen LogP contribution in [0.25, 0.3) is 0 Å². The van der Waals surface area contributed by atoms with Gasteiger partial charge in [0.1, 0.15) is 0 Å². The maximum Gasteiger partial charge on any atom is 0.0186 e. The summed E-state index contributed by atoms with van der Waals surface area (Å²) < 4.78 is 0. The van der Waals surface area contributed by atoms with Crippen molar-refractivity contribution >= 4 is 0 Å². The van der Waals surface area contributed by atoms with Crippen LogP contribution in [-0.4, -0.2) is 24.0 Å². The number of rotatable bonds is 1. The number of nitrogens with zero attached hydrogens (tertiary/aromatic N) is 1. The Labute approximate surface area is 75.1 Å². The van der Waals surface area contributed by atoms with Gasteiger partial charge in [-0.15, -0.1) is 0 Å². The lowest BCUT2D eigenvalue weighted by molar-refractivity contribution is 0.195. The van der Waals surface area contributed by atoms with Crippen LogP contribution in [0.2, 0.25) is 0 Å². The molecule has 0 N–H and O–H groups in total. The van der Waals surface area contributed by atoms with E-state index in [9.17, 15) is 0 Å². The van der Waals surface area contributed by atoms with Crippen molar-refractivity contribution in [1.82, 2.24) is 4.90 Å². The third kappa shape index (κ3) is 0.736. The Bertz CT molecular complexity index is 189. The van der Waals surface area contributed by atoms with Gasteiger partial charge >= 0.3 is 0 Å². The molecule has 0 radical (unpaired) electrons. The van der Waals surface area contributed by atoms with E-state index in [0.29, 0.717) is 0 Å². The van der Waals surface area contributed by atoms with Crippen molar-refractivity contribution in [3.05, 3.63) is 0 Å². The van der Waals surface area contributed by atoms with E-state index < -0.39 is 0 Å². The third-order valence-corrected chi connectivity index (χ3v) is 4.68. The summed E-state index contributed by atoms with van der Waals surface area (Å²) in [5, 5.41) is 0. The molecule has 3 fully saturated rings. The Hall–Kier alpha value is -0.0400. The first-order valence-corrected chi connectivity index (χ1v) is 5.59. The van der Waals surface area contributed by atoms with Crippen molar-refractivity contribution in [3.8, 4) is 0 Å². The summed E-state index contributed by atoms with van der Waals surface area (Å²) >= 11 is 0. The van der Waals surface area contributed by atoms with E-state index in [1.54, 1.807) is 0 Å². The van der Waals surface area contributed by atoms with Gasteiger partial charge in [-0.2, -0.15) is 0 Å². The molecule has 0 aromatic rings.